The first-order valence-electron chi connectivity index (χ1n) is 5.14. The SMILES string of the molecule is Cc1cc(O)cc(-c2cccc(Cl)c2C)c1. The van der Waals surface area contributed by atoms with Crippen molar-refractivity contribution in [2.75, 3.05) is 0 Å². The molecule has 0 saturated carbocycles. The fourth-order valence-electron chi connectivity index (χ4n) is 1.84. The van der Waals surface area contributed by atoms with E-state index >= 15 is 0 Å². The first-order valence-corrected chi connectivity index (χ1v) is 5.52. The van der Waals surface area contributed by atoms with Gasteiger partial charge in [-0.15, -0.1) is 0 Å². The molecule has 0 spiro atoms. The molecule has 0 aromatic heterocycles. The molecule has 2 heteroatoms. The third-order valence-electron chi connectivity index (χ3n) is 2.64. The lowest BCUT2D eigenvalue weighted by Gasteiger charge is -2.09. The van der Waals surface area contributed by atoms with Crippen LogP contribution in [0.4, 0.5) is 0 Å². The minimum atomic E-state index is 0.286. The summed E-state index contributed by atoms with van der Waals surface area (Å²) in [6.45, 7) is 3.94. The maximum absolute atomic E-state index is 9.58. The second-order valence-corrected chi connectivity index (χ2v) is 4.38. The van der Waals surface area contributed by atoms with Gasteiger partial charge >= 0.3 is 0 Å². The highest BCUT2D eigenvalue weighted by molar-refractivity contribution is 6.31. The van der Waals surface area contributed by atoms with Crippen LogP contribution in [-0.4, -0.2) is 5.11 Å². The van der Waals surface area contributed by atoms with Gasteiger partial charge in [0.15, 0.2) is 0 Å². The van der Waals surface area contributed by atoms with Gasteiger partial charge in [0.05, 0.1) is 0 Å². The van der Waals surface area contributed by atoms with Crippen molar-refractivity contribution in [3.8, 4) is 16.9 Å². The fourth-order valence-corrected chi connectivity index (χ4v) is 2.01. The molecule has 0 aliphatic heterocycles. The van der Waals surface area contributed by atoms with E-state index in [1.54, 1.807) is 12.1 Å². The highest BCUT2D eigenvalue weighted by atomic mass is 35.5. The Balaban J connectivity index is 2.63. The zero-order valence-corrected chi connectivity index (χ0v) is 10.0. The van der Waals surface area contributed by atoms with Crippen molar-refractivity contribution in [1.82, 2.24) is 0 Å². The third kappa shape index (κ3) is 2.05. The van der Waals surface area contributed by atoms with E-state index in [0.29, 0.717) is 0 Å². The van der Waals surface area contributed by atoms with E-state index in [9.17, 15) is 5.11 Å². The van der Waals surface area contributed by atoms with Gasteiger partial charge in [-0.1, -0.05) is 29.8 Å². The van der Waals surface area contributed by atoms with Crippen molar-refractivity contribution < 1.29 is 5.11 Å². The van der Waals surface area contributed by atoms with E-state index in [1.165, 1.54) is 0 Å². The summed E-state index contributed by atoms with van der Waals surface area (Å²) >= 11 is 6.08. The molecule has 0 heterocycles. The molecule has 0 unspecified atom stereocenters. The summed E-state index contributed by atoms with van der Waals surface area (Å²) in [5.74, 6) is 0.286. The largest absolute Gasteiger partial charge is 0.508 e. The molecule has 0 saturated heterocycles. The smallest absolute Gasteiger partial charge is 0.116 e. The Morgan fingerprint density at radius 3 is 2.50 bits per heavy atom. The quantitative estimate of drug-likeness (QED) is 0.776. The van der Waals surface area contributed by atoms with Crippen LogP contribution in [0.3, 0.4) is 0 Å². The summed E-state index contributed by atoms with van der Waals surface area (Å²) < 4.78 is 0. The standard InChI is InChI=1S/C14H13ClO/c1-9-6-11(8-12(16)7-9)13-4-3-5-14(15)10(13)2/h3-8,16H,1-2H3. The van der Waals surface area contributed by atoms with Gasteiger partial charge < -0.3 is 5.11 Å². The Kier molecular flexibility index (Phi) is 2.88. The van der Waals surface area contributed by atoms with Crippen molar-refractivity contribution in [2.24, 2.45) is 0 Å². The molecule has 0 atom stereocenters. The molecule has 0 amide bonds. The Morgan fingerprint density at radius 1 is 1.06 bits per heavy atom. The molecule has 82 valence electrons. The van der Waals surface area contributed by atoms with Crippen LogP contribution >= 0.6 is 11.6 Å². The highest BCUT2D eigenvalue weighted by Crippen LogP contribution is 2.30. The minimum Gasteiger partial charge on any atom is -0.508 e. The molecule has 2 rings (SSSR count). The summed E-state index contributed by atoms with van der Waals surface area (Å²) in [6, 6.07) is 11.3. The number of halogens is 1. The van der Waals surface area contributed by atoms with Crippen molar-refractivity contribution in [3.05, 3.63) is 52.5 Å². The predicted molar refractivity (Wildman–Crippen MR) is 68.0 cm³/mol. The second kappa shape index (κ2) is 4.18. The van der Waals surface area contributed by atoms with E-state index in [4.69, 9.17) is 11.6 Å². The van der Waals surface area contributed by atoms with Crippen molar-refractivity contribution in [1.29, 1.82) is 0 Å². The van der Waals surface area contributed by atoms with Crippen LogP contribution in [0.15, 0.2) is 36.4 Å². The van der Waals surface area contributed by atoms with Gasteiger partial charge in [0.25, 0.3) is 0 Å². The van der Waals surface area contributed by atoms with Gasteiger partial charge in [-0.3, -0.25) is 0 Å². The lowest BCUT2D eigenvalue weighted by Crippen LogP contribution is -1.85. The van der Waals surface area contributed by atoms with Gasteiger partial charge in [-0.2, -0.15) is 0 Å². The number of phenolic OH excluding ortho intramolecular Hbond substituents is 1. The van der Waals surface area contributed by atoms with Crippen LogP contribution in [0.25, 0.3) is 11.1 Å². The van der Waals surface area contributed by atoms with E-state index < -0.39 is 0 Å². The Hall–Kier alpha value is -1.47. The second-order valence-electron chi connectivity index (χ2n) is 3.97. The van der Waals surface area contributed by atoms with Gasteiger partial charge in [-0.25, -0.2) is 0 Å². The number of rotatable bonds is 1. The number of hydrogen-bond acceptors (Lipinski definition) is 1. The summed E-state index contributed by atoms with van der Waals surface area (Å²) in [7, 11) is 0. The highest BCUT2D eigenvalue weighted by Gasteiger charge is 2.06. The molecule has 0 fully saturated rings. The molecule has 2 aromatic rings. The van der Waals surface area contributed by atoms with Crippen molar-refractivity contribution in [3.63, 3.8) is 0 Å². The topological polar surface area (TPSA) is 20.2 Å². The number of aryl methyl sites for hydroxylation is 1. The molecule has 1 nitrogen and oxygen atoms in total. The molecule has 0 radical (unpaired) electrons. The molecular formula is C14H13ClO. The van der Waals surface area contributed by atoms with Crippen LogP contribution in [0, 0.1) is 13.8 Å². The average Bonchev–Trinajstić information content (AvgIpc) is 2.20. The summed E-state index contributed by atoms with van der Waals surface area (Å²) in [6.07, 6.45) is 0. The molecule has 0 aliphatic carbocycles. The Bertz CT molecular complexity index is 512. The number of phenols is 1. The molecule has 16 heavy (non-hydrogen) atoms. The number of aromatic hydroxyl groups is 1. The molecule has 2 aromatic carbocycles. The van der Waals surface area contributed by atoms with E-state index in [2.05, 4.69) is 0 Å². The molecule has 1 N–H and O–H groups in total. The van der Waals surface area contributed by atoms with E-state index in [-0.39, 0.29) is 5.75 Å². The Labute approximate surface area is 100 Å². The maximum Gasteiger partial charge on any atom is 0.116 e. The monoisotopic (exact) mass is 232 g/mol. The van der Waals surface area contributed by atoms with E-state index in [0.717, 1.165) is 27.3 Å². The van der Waals surface area contributed by atoms with E-state index in [1.807, 2.05) is 38.1 Å². The van der Waals surface area contributed by atoms with Crippen LogP contribution in [0.1, 0.15) is 11.1 Å². The molecule has 0 aliphatic rings. The summed E-state index contributed by atoms with van der Waals surface area (Å²) in [4.78, 5) is 0. The lowest BCUT2D eigenvalue weighted by molar-refractivity contribution is 0.475. The first-order chi connectivity index (χ1) is 7.58. The van der Waals surface area contributed by atoms with Gasteiger partial charge in [0, 0.05) is 5.02 Å². The van der Waals surface area contributed by atoms with Crippen LogP contribution in [-0.2, 0) is 0 Å². The van der Waals surface area contributed by atoms with Gasteiger partial charge in [0.1, 0.15) is 5.75 Å². The van der Waals surface area contributed by atoms with Gasteiger partial charge in [0.2, 0.25) is 0 Å². The zero-order chi connectivity index (χ0) is 11.7. The third-order valence-corrected chi connectivity index (χ3v) is 3.05. The van der Waals surface area contributed by atoms with Crippen molar-refractivity contribution >= 4 is 11.6 Å². The summed E-state index contributed by atoms with van der Waals surface area (Å²) in [5.41, 5.74) is 4.13. The average molecular weight is 233 g/mol. The van der Waals surface area contributed by atoms with Crippen LogP contribution < -0.4 is 0 Å². The minimum absolute atomic E-state index is 0.286. The molecule has 0 bridgehead atoms. The normalized spacial score (nSPS) is 10.4. The van der Waals surface area contributed by atoms with Crippen LogP contribution in [0.5, 0.6) is 5.75 Å². The number of benzene rings is 2. The fraction of sp³-hybridized carbons (Fsp3) is 0.143. The zero-order valence-electron chi connectivity index (χ0n) is 9.29. The predicted octanol–water partition coefficient (Wildman–Crippen LogP) is 4.33. The van der Waals surface area contributed by atoms with Crippen LogP contribution in [0.2, 0.25) is 5.02 Å². The Morgan fingerprint density at radius 2 is 1.81 bits per heavy atom. The molecular weight excluding hydrogens is 220 g/mol. The first kappa shape index (κ1) is 11.0. The lowest BCUT2D eigenvalue weighted by atomic mass is 9.99. The van der Waals surface area contributed by atoms with Crippen molar-refractivity contribution in [2.45, 2.75) is 13.8 Å². The maximum atomic E-state index is 9.58. The summed E-state index contributed by atoms with van der Waals surface area (Å²) in [5, 5.41) is 10.3. The van der Waals surface area contributed by atoms with Gasteiger partial charge in [-0.05, 0) is 54.3 Å². The number of hydrogen-bond donors (Lipinski definition) is 1.